The van der Waals surface area contributed by atoms with Gasteiger partial charge in [0.05, 0.1) is 6.10 Å². The Balaban J connectivity index is 1.47. The monoisotopic (exact) mass is 361 g/mol. The van der Waals surface area contributed by atoms with Crippen LogP contribution in [-0.4, -0.2) is 53.7 Å². The van der Waals surface area contributed by atoms with E-state index in [1.165, 1.54) is 0 Å². The Hall–Kier alpha value is -1.66. The predicted octanol–water partition coefficient (Wildman–Crippen LogP) is 2.37. The van der Waals surface area contributed by atoms with E-state index >= 15 is 0 Å². The molecule has 144 valence electrons. The third-order valence-corrected chi connectivity index (χ3v) is 5.43. The highest BCUT2D eigenvalue weighted by Crippen LogP contribution is 2.29. The molecule has 1 aliphatic carbocycles. The standard InChI is InChI=1S/C20H31N3O3/c1-2-13-25-19-14-15(3-4-18(19)21)20(24)23-11-7-17(8-12-23)26-16-5-9-22-10-6-16/h5-6,9-10,15,17-19H,2-4,7-8,11-14,21H2,1H3/t15-,18-,19-/m0/s1. The molecule has 6 heteroatoms. The Kier molecular flexibility index (Phi) is 6.86. The van der Waals surface area contributed by atoms with Crippen LogP contribution < -0.4 is 10.5 Å². The van der Waals surface area contributed by atoms with Crippen LogP contribution >= 0.6 is 0 Å². The molecule has 2 aliphatic rings. The maximum atomic E-state index is 12.9. The van der Waals surface area contributed by atoms with Gasteiger partial charge in [-0.15, -0.1) is 0 Å². The van der Waals surface area contributed by atoms with Gasteiger partial charge in [0.15, 0.2) is 0 Å². The summed E-state index contributed by atoms with van der Waals surface area (Å²) in [5, 5.41) is 0. The van der Waals surface area contributed by atoms with E-state index in [1.807, 2.05) is 17.0 Å². The zero-order chi connectivity index (χ0) is 18.4. The molecular formula is C20H31N3O3. The molecule has 0 spiro atoms. The molecule has 1 saturated carbocycles. The quantitative estimate of drug-likeness (QED) is 0.842. The smallest absolute Gasteiger partial charge is 0.225 e. The largest absolute Gasteiger partial charge is 0.490 e. The van der Waals surface area contributed by atoms with E-state index in [0.29, 0.717) is 0 Å². The van der Waals surface area contributed by atoms with Crippen LogP contribution in [0.3, 0.4) is 0 Å². The second-order valence-electron chi connectivity index (χ2n) is 7.41. The van der Waals surface area contributed by atoms with Crippen LogP contribution in [0.1, 0.15) is 45.4 Å². The fourth-order valence-corrected chi connectivity index (χ4v) is 3.90. The minimum Gasteiger partial charge on any atom is -0.490 e. The van der Waals surface area contributed by atoms with Gasteiger partial charge < -0.3 is 20.1 Å². The number of hydrogen-bond acceptors (Lipinski definition) is 5. The number of likely N-dealkylation sites (tertiary alicyclic amines) is 1. The first-order chi connectivity index (χ1) is 12.7. The van der Waals surface area contributed by atoms with Crippen LogP contribution in [0.4, 0.5) is 0 Å². The van der Waals surface area contributed by atoms with Gasteiger partial charge >= 0.3 is 0 Å². The molecule has 0 radical (unpaired) electrons. The first kappa shape index (κ1) is 19.1. The summed E-state index contributed by atoms with van der Waals surface area (Å²) in [6.07, 6.45) is 8.88. The summed E-state index contributed by atoms with van der Waals surface area (Å²) in [7, 11) is 0. The number of piperidine rings is 1. The zero-order valence-corrected chi connectivity index (χ0v) is 15.7. The van der Waals surface area contributed by atoms with Crippen molar-refractivity contribution in [3.8, 4) is 5.75 Å². The maximum absolute atomic E-state index is 12.9. The summed E-state index contributed by atoms with van der Waals surface area (Å²) in [6.45, 7) is 4.33. The minimum absolute atomic E-state index is 0.0187. The molecule has 0 unspecified atom stereocenters. The second kappa shape index (κ2) is 9.33. The van der Waals surface area contributed by atoms with E-state index in [-0.39, 0.29) is 30.1 Å². The van der Waals surface area contributed by atoms with Gasteiger partial charge in [-0.25, -0.2) is 0 Å². The molecule has 1 aromatic heterocycles. The molecule has 3 atom stereocenters. The molecule has 3 rings (SSSR count). The topological polar surface area (TPSA) is 77.7 Å². The van der Waals surface area contributed by atoms with Crippen LogP contribution in [0.15, 0.2) is 24.5 Å². The van der Waals surface area contributed by atoms with Crippen LogP contribution in [0, 0.1) is 5.92 Å². The first-order valence-electron chi connectivity index (χ1n) is 9.90. The van der Waals surface area contributed by atoms with Crippen molar-refractivity contribution < 1.29 is 14.3 Å². The lowest BCUT2D eigenvalue weighted by molar-refractivity contribution is -0.140. The van der Waals surface area contributed by atoms with Gasteiger partial charge in [0.25, 0.3) is 0 Å². The molecule has 1 aromatic rings. The molecule has 1 amide bonds. The number of aromatic nitrogens is 1. The fourth-order valence-electron chi connectivity index (χ4n) is 3.90. The van der Waals surface area contributed by atoms with Gasteiger partial charge in [-0.2, -0.15) is 0 Å². The van der Waals surface area contributed by atoms with Crippen LogP contribution in [0.5, 0.6) is 5.75 Å². The van der Waals surface area contributed by atoms with E-state index in [9.17, 15) is 4.79 Å². The number of nitrogens with zero attached hydrogens (tertiary/aromatic N) is 2. The molecular weight excluding hydrogens is 330 g/mol. The highest BCUT2D eigenvalue weighted by atomic mass is 16.5. The van der Waals surface area contributed by atoms with Gasteiger partial charge in [-0.3, -0.25) is 9.78 Å². The number of hydrogen-bond donors (Lipinski definition) is 1. The average molecular weight is 361 g/mol. The molecule has 26 heavy (non-hydrogen) atoms. The molecule has 1 aliphatic heterocycles. The van der Waals surface area contributed by atoms with Crippen molar-refractivity contribution in [2.75, 3.05) is 19.7 Å². The normalized spacial score (nSPS) is 27.3. The first-order valence-corrected chi connectivity index (χ1v) is 9.90. The van der Waals surface area contributed by atoms with Crippen LogP contribution in [-0.2, 0) is 9.53 Å². The summed E-state index contributed by atoms with van der Waals surface area (Å²) < 4.78 is 11.9. The lowest BCUT2D eigenvalue weighted by Gasteiger charge is -2.38. The number of amides is 1. The highest BCUT2D eigenvalue weighted by molar-refractivity contribution is 5.79. The van der Waals surface area contributed by atoms with Gasteiger partial charge in [-0.05, 0) is 37.8 Å². The van der Waals surface area contributed by atoms with Crippen molar-refractivity contribution in [3.05, 3.63) is 24.5 Å². The van der Waals surface area contributed by atoms with E-state index in [4.69, 9.17) is 15.2 Å². The van der Waals surface area contributed by atoms with Gasteiger partial charge in [0.2, 0.25) is 5.91 Å². The molecule has 2 N–H and O–H groups in total. The van der Waals surface area contributed by atoms with E-state index in [1.54, 1.807) is 12.4 Å². The molecule has 2 heterocycles. The van der Waals surface area contributed by atoms with Crippen LogP contribution in [0.25, 0.3) is 0 Å². The number of carbonyl (C=O) groups excluding carboxylic acids is 1. The van der Waals surface area contributed by atoms with Crippen molar-refractivity contribution in [1.29, 1.82) is 0 Å². The number of ether oxygens (including phenoxy) is 2. The lowest BCUT2D eigenvalue weighted by atomic mass is 9.83. The summed E-state index contributed by atoms with van der Waals surface area (Å²) >= 11 is 0. The van der Waals surface area contributed by atoms with Gasteiger partial charge in [0.1, 0.15) is 11.9 Å². The van der Waals surface area contributed by atoms with E-state index < -0.39 is 0 Å². The number of nitrogens with two attached hydrogens (primary N) is 1. The van der Waals surface area contributed by atoms with Crippen molar-refractivity contribution in [2.45, 2.75) is 63.7 Å². The van der Waals surface area contributed by atoms with Crippen molar-refractivity contribution in [2.24, 2.45) is 11.7 Å². The Morgan fingerprint density at radius 2 is 1.96 bits per heavy atom. The highest BCUT2D eigenvalue weighted by Gasteiger charge is 2.35. The Labute approximate surface area is 156 Å². The molecule has 1 saturated heterocycles. The Morgan fingerprint density at radius 3 is 2.65 bits per heavy atom. The third kappa shape index (κ3) is 4.95. The number of rotatable bonds is 6. The van der Waals surface area contributed by atoms with E-state index in [0.717, 1.165) is 64.0 Å². The SMILES string of the molecule is CCCO[C@H]1C[C@@H](C(=O)N2CCC(Oc3ccncc3)CC2)CC[C@@H]1N. The van der Waals surface area contributed by atoms with Crippen molar-refractivity contribution in [1.82, 2.24) is 9.88 Å². The van der Waals surface area contributed by atoms with E-state index in [2.05, 4.69) is 11.9 Å². The number of carbonyl (C=O) groups is 1. The third-order valence-electron chi connectivity index (χ3n) is 5.43. The Bertz CT molecular complexity index is 561. The minimum atomic E-state index is 0.0187. The summed E-state index contributed by atoms with van der Waals surface area (Å²) in [4.78, 5) is 18.9. The molecule has 6 nitrogen and oxygen atoms in total. The van der Waals surface area contributed by atoms with Gasteiger partial charge in [-0.1, -0.05) is 6.92 Å². The van der Waals surface area contributed by atoms with Gasteiger partial charge in [0, 0.05) is 56.9 Å². The van der Waals surface area contributed by atoms with Crippen molar-refractivity contribution in [3.63, 3.8) is 0 Å². The van der Waals surface area contributed by atoms with Crippen LogP contribution in [0.2, 0.25) is 0 Å². The predicted molar refractivity (Wildman–Crippen MR) is 99.8 cm³/mol. The lowest BCUT2D eigenvalue weighted by Crippen LogP contribution is -2.49. The zero-order valence-electron chi connectivity index (χ0n) is 15.7. The second-order valence-corrected chi connectivity index (χ2v) is 7.41. The van der Waals surface area contributed by atoms with Crippen molar-refractivity contribution >= 4 is 5.91 Å². The summed E-state index contributed by atoms with van der Waals surface area (Å²) in [5.41, 5.74) is 6.18. The molecule has 0 aromatic carbocycles. The maximum Gasteiger partial charge on any atom is 0.225 e. The molecule has 0 bridgehead atoms. The Morgan fingerprint density at radius 1 is 1.23 bits per heavy atom. The number of pyridine rings is 1. The summed E-state index contributed by atoms with van der Waals surface area (Å²) in [5.74, 6) is 1.17. The fraction of sp³-hybridized carbons (Fsp3) is 0.700. The average Bonchev–Trinajstić information content (AvgIpc) is 2.68. The summed E-state index contributed by atoms with van der Waals surface area (Å²) in [6, 6.07) is 3.81. The molecule has 2 fully saturated rings.